The lowest BCUT2D eigenvalue weighted by Gasteiger charge is -2.11. The van der Waals surface area contributed by atoms with Crippen LogP contribution in [0.5, 0.6) is 0 Å². The van der Waals surface area contributed by atoms with Crippen molar-refractivity contribution >= 4 is 17.7 Å². The second-order valence-corrected chi connectivity index (χ2v) is 5.61. The molecule has 0 saturated carbocycles. The van der Waals surface area contributed by atoms with Crippen molar-refractivity contribution in [2.75, 3.05) is 5.32 Å². The molecule has 0 unspecified atom stereocenters. The Morgan fingerprint density at radius 2 is 1.65 bits per heavy atom. The number of carbonyl (C=O) groups excluding carboxylic acids is 1. The number of carbonyl (C=O) groups is 2. The Labute approximate surface area is 150 Å². The molecule has 3 aromatic rings. The molecular weight excluding hydrogens is 330 g/mol. The van der Waals surface area contributed by atoms with E-state index in [2.05, 4.69) is 10.3 Å². The Bertz CT molecular complexity index is 953. The summed E-state index contributed by atoms with van der Waals surface area (Å²) in [6.45, 7) is 0.444. The first kappa shape index (κ1) is 17.3. The maximum atomic E-state index is 12.7. The molecule has 0 aliphatic rings. The van der Waals surface area contributed by atoms with Gasteiger partial charge in [0.15, 0.2) is 0 Å². The predicted octanol–water partition coefficient (Wildman–Crippen LogP) is 3.16. The summed E-state index contributed by atoms with van der Waals surface area (Å²) in [6, 6.07) is 17.6. The standard InChI is InChI=1S/C20H17N3O3/c21-12-13-7-9-14(10-8-13)15-4-1-2-5-16(15)19(24)23-18-17(20(25)26)6-3-11-22-18/h1-11H,12,21H2,(H,25,26)(H,22,23,24). The summed E-state index contributed by atoms with van der Waals surface area (Å²) in [5.41, 5.74) is 8.58. The van der Waals surface area contributed by atoms with Crippen molar-refractivity contribution < 1.29 is 14.7 Å². The van der Waals surface area contributed by atoms with Crippen LogP contribution in [-0.4, -0.2) is 22.0 Å². The van der Waals surface area contributed by atoms with Gasteiger partial charge < -0.3 is 16.2 Å². The van der Waals surface area contributed by atoms with Crippen LogP contribution in [0.25, 0.3) is 11.1 Å². The SMILES string of the molecule is NCc1ccc(-c2ccccc2C(=O)Nc2ncccc2C(=O)O)cc1. The molecule has 2 aromatic carbocycles. The van der Waals surface area contributed by atoms with Crippen molar-refractivity contribution in [3.63, 3.8) is 0 Å². The molecule has 6 nitrogen and oxygen atoms in total. The van der Waals surface area contributed by atoms with Crippen molar-refractivity contribution in [3.05, 3.63) is 83.6 Å². The lowest BCUT2D eigenvalue weighted by Crippen LogP contribution is -2.16. The maximum Gasteiger partial charge on any atom is 0.339 e. The number of hydrogen-bond donors (Lipinski definition) is 3. The van der Waals surface area contributed by atoms with Crippen LogP contribution in [0.1, 0.15) is 26.3 Å². The van der Waals surface area contributed by atoms with Gasteiger partial charge in [-0.15, -0.1) is 0 Å². The summed E-state index contributed by atoms with van der Waals surface area (Å²) in [4.78, 5) is 28.0. The third kappa shape index (κ3) is 3.60. The van der Waals surface area contributed by atoms with E-state index in [9.17, 15) is 14.7 Å². The van der Waals surface area contributed by atoms with Gasteiger partial charge in [0.25, 0.3) is 5.91 Å². The third-order valence-electron chi connectivity index (χ3n) is 3.94. The smallest absolute Gasteiger partial charge is 0.339 e. The van der Waals surface area contributed by atoms with Crippen LogP contribution in [0.2, 0.25) is 0 Å². The average molecular weight is 347 g/mol. The zero-order valence-electron chi connectivity index (χ0n) is 13.8. The van der Waals surface area contributed by atoms with Gasteiger partial charge in [0, 0.05) is 18.3 Å². The highest BCUT2D eigenvalue weighted by Gasteiger charge is 2.17. The van der Waals surface area contributed by atoms with Gasteiger partial charge in [0.2, 0.25) is 0 Å². The second-order valence-electron chi connectivity index (χ2n) is 5.61. The molecule has 6 heteroatoms. The van der Waals surface area contributed by atoms with Crippen molar-refractivity contribution in [2.24, 2.45) is 5.73 Å². The number of nitrogens with one attached hydrogen (secondary N) is 1. The summed E-state index contributed by atoms with van der Waals surface area (Å²) in [6.07, 6.45) is 1.43. The number of benzene rings is 2. The van der Waals surface area contributed by atoms with Crippen LogP contribution in [0.4, 0.5) is 5.82 Å². The molecule has 1 heterocycles. The molecule has 0 aliphatic heterocycles. The second kappa shape index (κ2) is 7.58. The van der Waals surface area contributed by atoms with Gasteiger partial charge in [0.05, 0.1) is 0 Å². The van der Waals surface area contributed by atoms with Crippen LogP contribution >= 0.6 is 0 Å². The molecule has 0 fully saturated rings. The molecule has 0 aliphatic carbocycles. The maximum absolute atomic E-state index is 12.7. The molecule has 0 radical (unpaired) electrons. The molecule has 26 heavy (non-hydrogen) atoms. The lowest BCUT2D eigenvalue weighted by molar-refractivity contribution is 0.0697. The minimum atomic E-state index is -1.15. The van der Waals surface area contributed by atoms with Gasteiger partial charge in [-0.05, 0) is 34.9 Å². The molecule has 3 rings (SSSR count). The highest BCUT2D eigenvalue weighted by molar-refractivity contribution is 6.10. The van der Waals surface area contributed by atoms with E-state index in [1.807, 2.05) is 36.4 Å². The number of carboxylic acid groups (broad SMARTS) is 1. The minimum absolute atomic E-state index is 0.0123. The fourth-order valence-electron chi connectivity index (χ4n) is 2.61. The monoisotopic (exact) mass is 347 g/mol. The fraction of sp³-hybridized carbons (Fsp3) is 0.0500. The number of amides is 1. The van der Waals surface area contributed by atoms with Gasteiger partial charge >= 0.3 is 5.97 Å². The van der Waals surface area contributed by atoms with E-state index in [1.54, 1.807) is 12.1 Å². The van der Waals surface area contributed by atoms with Gasteiger partial charge in [-0.25, -0.2) is 9.78 Å². The van der Waals surface area contributed by atoms with Crippen molar-refractivity contribution in [2.45, 2.75) is 6.54 Å². The molecule has 0 atom stereocenters. The molecule has 4 N–H and O–H groups in total. The summed E-state index contributed by atoms with van der Waals surface area (Å²) < 4.78 is 0. The van der Waals surface area contributed by atoms with Gasteiger partial charge in [-0.1, -0.05) is 42.5 Å². The normalized spacial score (nSPS) is 10.3. The Morgan fingerprint density at radius 1 is 0.962 bits per heavy atom. The predicted molar refractivity (Wildman–Crippen MR) is 98.9 cm³/mol. The number of carboxylic acids is 1. The number of nitrogens with two attached hydrogens (primary N) is 1. The largest absolute Gasteiger partial charge is 0.478 e. The lowest BCUT2D eigenvalue weighted by atomic mass is 9.98. The molecule has 0 saturated heterocycles. The first-order valence-corrected chi connectivity index (χ1v) is 7.98. The van der Waals surface area contributed by atoms with Crippen LogP contribution in [-0.2, 0) is 6.54 Å². The Balaban J connectivity index is 1.95. The van der Waals surface area contributed by atoms with E-state index in [0.717, 1.165) is 16.7 Å². The first-order valence-electron chi connectivity index (χ1n) is 7.98. The summed E-state index contributed by atoms with van der Waals surface area (Å²) in [7, 11) is 0. The van der Waals surface area contributed by atoms with Gasteiger partial charge in [-0.2, -0.15) is 0 Å². The van der Waals surface area contributed by atoms with Crippen molar-refractivity contribution in [1.29, 1.82) is 0 Å². The average Bonchev–Trinajstić information content (AvgIpc) is 2.68. The number of pyridine rings is 1. The van der Waals surface area contributed by atoms with Crippen molar-refractivity contribution in [1.82, 2.24) is 4.98 Å². The Kier molecular flexibility index (Phi) is 5.05. The quantitative estimate of drug-likeness (QED) is 0.657. The van der Waals surface area contributed by atoms with E-state index >= 15 is 0 Å². The van der Waals surface area contributed by atoms with Crippen LogP contribution in [0, 0.1) is 0 Å². The molecule has 0 bridgehead atoms. The van der Waals surface area contributed by atoms with Crippen LogP contribution < -0.4 is 11.1 Å². The van der Waals surface area contributed by atoms with E-state index in [1.165, 1.54) is 18.3 Å². The van der Waals surface area contributed by atoms with Gasteiger partial charge in [-0.3, -0.25) is 4.79 Å². The van der Waals surface area contributed by atoms with Gasteiger partial charge in [0.1, 0.15) is 11.4 Å². The number of aromatic nitrogens is 1. The number of aromatic carboxylic acids is 1. The Morgan fingerprint density at radius 3 is 2.35 bits per heavy atom. The summed E-state index contributed by atoms with van der Waals surface area (Å²) in [5.74, 6) is -1.57. The van der Waals surface area contributed by atoms with E-state index in [4.69, 9.17) is 5.73 Å². The highest BCUT2D eigenvalue weighted by atomic mass is 16.4. The fourth-order valence-corrected chi connectivity index (χ4v) is 2.61. The zero-order chi connectivity index (χ0) is 18.5. The van der Waals surface area contributed by atoms with Crippen molar-refractivity contribution in [3.8, 4) is 11.1 Å². The van der Waals surface area contributed by atoms with E-state index in [0.29, 0.717) is 12.1 Å². The topological polar surface area (TPSA) is 105 Å². The summed E-state index contributed by atoms with van der Waals surface area (Å²) >= 11 is 0. The van der Waals surface area contributed by atoms with Crippen LogP contribution in [0.15, 0.2) is 66.9 Å². The van der Waals surface area contributed by atoms with E-state index < -0.39 is 11.9 Å². The Hall–Kier alpha value is -3.51. The highest BCUT2D eigenvalue weighted by Crippen LogP contribution is 2.25. The molecular formula is C20H17N3O3. The zero-order valence-corrected chi connectivity index (χ0v) is 13.8. The molecule has 1 amide bonds. The molecule has 0 spiro atoms. The third-order valence-corrected chi connectivity index (χ3v) is 3.94. The summed E-state index contributed by atoms with van der Waals surface area (Å²) in [5, 5.41) is 11.8. The number of anilines is 1. The molecule has 130 valence electrons. The number of nitrogens with zero attached hydrogens (tertiary/aromatic N) is 1. The first-order chi connectivity index (χ1) is 12.6. The van der Waals surface area contributed by atoms with Crippen LogP contribution in [0.3, 0.4) is 0 Å². The number of hydrogen-bond acceptors (Lipinski definition) is 4. The minimum Gasteiger partial charge on any atom is -0.478 e. The number of rotatable bonds is 5. The molecule has 1 aromatic heterocycles. The van der Waals surface area contributed by atoms with E-state index in [-0.39, 0.29) is 11.4 Å².